The number of anilines is 1. The molecule has 136 valence electrons. The summed E-state index contributed by atoms with van der Waals surface area (Å²) in [5.74, 6) is 1.27. The summed E-state index contributed by atoms with van der Waals surface area (Å²) >= 11 is 3.13. The zero-order valence-corrected chi connectivity index (χ0v) is 17.0. The molecule has 0 aliphatic carbocycles. The number of nitrogens with one attached hydrogen (secondary N) is 1. The predicted molar refractivity (Wildman–Crippen MR) is 109 cm³/mol. The molecule has 26 heavy (non-hydrogen) atoms. The van der Waals surface area contributed by atoms with Crippen LogP contribution in [0.4, 0.5) is 5.69 Å². The molecule has 2 aromatic heterocycles. The molecule has 0 aliphatic heterocycles. The molecule has 0 saturated heterocycles. The molecular formula is C19H21N3O2S2. The van der Waals surface area contributed by atoms with Gasteiger partial charge in [0.25, 0.3) is 0 Å². The Labute approximate surface area is 161 Å². The fourth-order valence-electron chi connectivity index (χ4n) is 2.60. The topological polar surface area (TPSA) is 64.1 Å². The Hall–Kier alpha value is -2.12. The zero-order chi connectivity index (χ0) is 18.8. The maximum absolute atomic E-state index is 12.7. The van der Waals surface area contributed by atoms with E-state index >= 15 is 0 Å². The maximum Gasteiger partial charge on any atom is 0.237 e. The quantitative estimate of drug-likeness (QED) is 0.506. The summed E-state index contributed by atoms with van der Waals surface area (Å²) in [6, 6.07) is 7.38. The smallest absolute Gasteiger partial charge is 0.237 e. The summed E-state index contributed by atoms with van der Waals surface area (Å²) < 4.78 is 5.30. The Morgan fingerprint density at radius 2 is 1.96 bits per heavy atom. The molecule has 1 aromatic carbocycles. The van der Waals surface area contributed by atoms with Gasteiger partial charge >= 0.3 is 0 Å². The molecular weight excluding hydrogens is 366 g/mol. The molecule has 0 spiro atoms. The van der Waals surface area contributed by atoms with Crippen molar-refractivity contribution in [3.05, 3.63) is 40.5 Å². The van der Waals surface area contributed by atoms with Crippen molar-refractivity contribution in [3.63, 3.8) is 0 Å². The first kappa shape index (κ1) is 18.7. The van der Waals surface area contributed by atoms with Crippen LogP contribution in [0.5, 0.6) is 5.75 Å². The lowest BCUT2D eigenvalue weighted by atomic mass is 10.2. The van der Waals surface area contributed by atoms with Gasteiger partial charge in [0.05, 0.1) is 18.0 Å². The first-order chi connectivity index (χ1) is 12.4. The molecule has 0 bridgehead atoms. The summed E-state index contributed by atoms with van der Waals surface area (Å²) in [5.41, 5.74) is 1.85. The van der Waals surface area contributed by atoms with Crippen LogP contribution in [-0.4, -0.2) is 28.2 Å². The molecule has 1 amide bonds. The van der Waals surface area contributed by atoms with Gasteiger partial charge < -0.3 is 10.1 Å². The van der Waals surface area contributed by atoms with E-state index in [0.717, 1.165) is 21.1 Å². The number of thioether (sulfide) groups is 1. The number of hydrogen-bond acceptors (Lipinski definition) is 6. The van der Waals surface area contributed by atoms with Gasteiger partial charge in [-0.05, 0) is 45.4 Å². The van der Waals surface area contributed by atoms with Crippen molar-refractivity contribution in [2.24, 2.45) is 0 Å². The SMILES string of the molecule is COc1ccccc1NC(=O)[C@H](C)Sc1nc(C)nc2sc(C)c(C)c12. The van der Waals surface area contributed by atoms with Crippen LogP contribution in [-0.2, 0) is 4.79 Å². The van der Waals surface area contributed by atoms with Crippen LogP contribution >= 0.6 is 23.1 Å². The monoisotopic (exact) mass is 387 g/mol. The van der Waals surface area contributed by atoms with Gasteiger partial charge in [0.15, 0.2) is 0 Å². The molecule has 1 N–H and O–H groups in total. The van der Waals surface area contributed by atoms with Gasteiger partial charge in [-0.15, -0.1) is 11.3 Å². The van der Waals surface area contributed by atoms with E-state index in [1.54, 1.807) is 18.4 Å². The van der Waals surface area contributed by atoms with Crippen LogP contribution in [0.1, 0.15) is 23.2 Å². The molecule has 3 rings (SSSR count). The number of para-hydroxylation sites is 2. The molecule has 2 heterocycles. The van der Waals surface area contributed by atoms with Crippen LogP contribution < -0.4 is 10.1 Å². The highest BCUT2D eigenvalue weighted by atomic mass is 32.2. The summed E-state index contributed by atoms with van der Waals surface area (Å²) in [4.78, 5) is 24.0. The number of methoxy groups -OCH3 is 1. The number of rotatable bonds is 5. The molecule has 3 aromatic rings. The minimum atomic E-state index is -0.308. The van der Waals surface area contributed by atoms with Gasteiger partial charge in [-0.3, -0.25) is 4.79 Å². The van der Waals surface area contributed by atoms with Crippen molar-refractivity contribution >= 4 is 44.9 Å². The highest BCUT2D eigenvalue weighted by Crippen LogP contribution is 2.37. The lowest BCUT2D eigenvalue weighted by molar-refractivity contribution is -0.115. The molecule has 0 unspecified atom stereocenters. The molecule has 0 aliphatic rings. The minimum absolute atomic E-state index is 0.0893. The van der Waals surface area contributed by atoms with E-state index in [0.29, 0.717) is 11.4 Å². The molecule has 5 nitrogen and oxygen atoms in total. The maximum atomic E-state index is 12.7. The van der Waals surface area contributed by atoms with Crippen molar-refractivity contribution in [2.75, 3.05) is 12.4 Å². The van der Waals surface area contributed by atoms with Crippen LogP contribution in [0, 0.1) is 20.8 Å². The molecule has 0 fully saturated rings. The number of amides is 1. The van der Waals surface area contributed by atoms with Crippen LogP contribution in [0.2, 0.25) is 0 Å². The first-order valence-corrected chi connectivity index (χ1v) is 9.95. The van der Waals surface area contributed by atoms with Gasteiger partial charge in [-0.1, -0.05) is 23.9 Å². The largest absolute Gasteiger partial charge is 0.495 e. The first-order valence-electron chi connectivity index (χ1n) is 8.25. The summed E-state index contributed by atoms with van der Waals surface area (Å²) in [6.07, 6.45) is 0. The highest BCUT2D eigenvalue weighted by Gasteiger charge is 2.21. The van der Waals surface area contributed by atoms with Crippen LogP contribution in [0.3, 0.4) is 0 Å². The van der Waals surface area contributed by atoms with E-state index in [2.05, 4.69) is 29.1 Å². The third-order valence-electron chi connectivity index (χ3n) is 4.13. The molecule has 7 heteroatoms. The Morgan fingerprint density at radius 1 is 1.23 bits per heavy atom. The fourth-order valence-corrected chi connectivity index (χ4v) is 4.80. The summed E-state index contributed by atoms with van der Waals surface area (Å²) in [6.45, 7) is 7.93. The number of carbonyl (C=O) groups is 1. The fraction of sp³-hybridized carbons (Fsp3) is 0.316. The highest BCUT2D eigenvalue weighted by molar-refractivity contribution is 8.00. The van der Waals surface area contributed by atoms with E-state index in [1.807, 2.05) is 38.1 Å². The Balaban J connectivity index is 1.84. The number of carbonyl (C=O) groups excluding carboxylic acids is 1. The summed E-state index contributed by atoms with van der Waals surface area (Å²) in [5, 5.41) is 4.54. The second kappa shape index (κ2) is 7.63. The molecule has 0 radical (unpaired) electrons. The average molecular weight is 388 g/mol. The number of fused-ring (bicyclic) bond motifs is 1. The van der Waals surface area contributed by atoms with Gasteiger partial charge in [0.1, 0.15) is 21.4 Å². The van der Waals surface area contributed by atoms with Gasteiger partial charge in [-0.2, -0.15) is 0 Å². The van der Waals surface area contributed by atoms with Crippen molar-refractivity contribution < 1.29 is 9.53 Å². The van der Waals surface area contributed by atoms with Gasteiger partial charge in [-0.25, -0.2) is 9.97 Å². The van der Waals surface area contributed by atoms with Crippen molar-refractivity contribution in [3.8, 4) is 5.75 Å². The summed E-state index contributed by atoms with van der Waals surface area (Å²) in [7, 11) is 1.59. The number of ether oxygens (including phenoxy) is 1. The lowest BCUT2D eigenvalue weighted by Crippen LogP contribution is -2.22. The second-order valence-electron chi connectivity index (χ2n) is 5.99. The number of hydrogen-bond donors (Lipinski definition) is 1. The zero-order valence-electron chi connectivity index (χ0n) is 15.4. The second-order valence-corrected chi connectivity index (χ2v) is 8.52. The number of aryl methyl sites for hydroxylation is 3. The minimum Gasteiger partial charge on any atom is -0.495 e. The normalized spacial score (nSPS) is 12.2. The Bertz CT molecular complexity index is 969. The van der Waals surface area contributed by atoms with Crippen LogP contribution in [0.25, 0.3) is 10.2 Å². The molecule has 1 atom stereocenters. The number of aromatic nitrogens is 2. The van der Waals surface area contributed by atoms with Crippen molar-refractivity contribution in [1.82, 2.24) is 9.97 Å². The standard InChI is InChI=1S/C19H21N3O2S2/c1-10-11(2)25-18-16(10)19(21-13(4)20-18)26-12(3)17(23)22-14-8-6-7-9-15(14)24-5/h6-9,12H,1-5H3,(H,22,23)/t12-/m0/s1. The van der Waals surface area contributed by atoms with E-state index in [1.165, 1.54) is 22.2 Å². The van der Waals surface area contributed by atoms with Gasteiger partial charge in [0, 0.05) is 10.3 Å². The molecule has 0 saturated carbocycles. The Kier molecular flexibility index (Phi) is 5.48. The van der Waals surface area contributed by atoms with Gasteiger partial charge in [0.2, 0.25) is 5.91 Å². The van der Waals surface area contributed by atoms with E-state index < -0.39 is 0 Å². The van der Waals surface area contributed by atoms with E-state index in [-0.39, 0.29) is 11.2 Å². The lowest BCUT2D eigenvalue weighted by Gasteiger charge is -2.14. The third kappa shape index (κ3) is 3.68. The Morgan fingerprint density at radius 3 is 2.69 bits per heavy atom. The van der Waals surface area contributed by atoms with Crippen molar-refractivity contribution in [2.45, 2.75) is 38.0 Å². The predicted octanol–water partition coefficient (Wildman–Crippen LogP) is 4.74. The average Bonchev–Trinajstić information content (AvgIpc) is 2.89. The number of benzene rings is 1. The van der Waals surface area contributed by atoms with Crippen molar-refractivity contribution in [1.29, 1.82) is 0 Å². The van der Waals surface area contributed by atoms with E-state index in [9.17, 15) is 4.79 Å². The third-order valence-corrected chi connectivity index (χ3v) is 6.32. The number of nitrogens with zero attached hydrogens (tertiary/aromatic N) is 2. The van der Waals surface area contributed by atoms with Crippen LogP contribution in [0.15, 0.2) is 29.3 Å². The number of thiophene rings is 1. The van der Waals surface area contributed by atoms with E-state index in [4.69, 9.17) is 4.74 Å².